The Balaban J connectivity index is 0.000000212. The highest BCUT2D eigenvalue weighted by molar-refractivity contribution is 9.10. The molecule has 20 nitrogen and oxygen atoms in total. The first-order valence-corrected chi connectivity index (χ1v) is 19.0. The number of carbonyl (C=O) groups excluding carboxylic acids is 4. The maximum atomic E-state index is 11.9. The van der Waals surface area contributed by atoms with Crippen molar-refractivity contribution in [1.29, 1.82) is 0 Å². The number of aromatic nitrogens is 4. The van der Waals surface area contributed by atoms with Crippen LogP contribution in [0.1, 0.15) is 66.4 Å². The van der Waals surface area contributed by atoms with E-state index in [1.807, 2.05) is 0 Å². The molecule has 2 unspecified atom stereocenters. The Morgan fingerprint density at radius 1 is 0.814 bits per heavy atom. The highest BCUT2D eigenvalue weighted by Crippen LogP contribution is 2.29. The Morgan fingerprint density at radius 3 is 1.75 bits per heavy atom. The Labute approximate surface area is 354 Å². The van der Waals surface area contributed by atoms with Gasteiger partial charge >= 0.3 is 19.1 Å². The van der Waals surface area contributed by atoms with Crippen molar-refractivity contribution in [2.45, 2.75) is 37.0 Å². The lowest BCUT2D eigenvalue weighted by Crippen LogP contribution is -2.32. The Hall–Kier alpha value is -5.82. The Morgan fingerprint density at radius 2 is 1.31 bits per heavy atom. The average molecular weight is 942 g/mol. The van der Waals surface area contributed by atoms with Gasteiger partial charge in [0.05, 0.1) is 51.8 Å². The lowest BCUT2D eigenvalue weighted by molar-refractivity contribution is 0.0506. The number of rotatable bonds is 9. The van der Waals surface area contributed by atoms with E-state index in [-0.39, 0.29) is 46.9 Å². The average Bonchev–Trinajstić information content (AvgIpc) is 3.84. The molecule has 2 saturated heterocycles. The second-order valence-electron chi connectivity index (χ2n) is 12.7. The smallest absolute Gasteiger partial charge is 0.465 e. The van der Waals surface area contributed by atoms with Crippen LogP contribution in [0.15, 0.2) is 57.7 Å². The number of methoxy groups -OCH3 is 2. The molecule has 4 atom stereocenters. The summed E-state index contributed by atoms with van der Waals surface area (Å²) in [5, 5.41) is 29.2. The fourth-order valence-corrected chi connectivity index (χ4v) is 6.90. The number of carbonyl (C=O) groups is 4. The number of esters is 2. The Bertz CT molecular complexity index is 2260. The van der Waals surface area contributed by atoms with Crippen molar-refractivity contribution >= 4 is 85.5 Å². The summed E-state index contributed by atoms with van der Waals surface area (Å²) in [6, 6.07) is 8.28. The number of nitrogens with two attached hydrogens (primary N) is 3. The molecule has 0 radical (unpaired) electrons. The van der Waals surface area contributed by atoms with Crippen LogP contribution in [0.5, 0.6) is 0 Å². The van der Waals surface area contributed by atoms with Crippen LogP contribution >= 0.6 is 31.9 Å². The van der Waals surface area contributed by atoms with Gasteiger partial charge in [-0.2, -0.15) is 10.2 Å². The molecular weight excluding hydrogens is 903 g/mol. The maximum Gasteiger partial charge on any atom is 0.488 e. The topological polar surface area (TPSA) is 280 Å². The molecule has 0 aliphatic carbocycles. The molecule has 23 heteroatoms. The third kappa shape index (κ3) is 11.7. The van der Waals surface area contributed by atoms with Crippen LogP contribution in [0.4, 0.5) is 17.3 Å². The third-order valence-corrected chi connectivity index (χ3v) is 10.3. The van der Waals surface area contributed by atoms with Crippen molar-refractivity contribution in [3.05, 3.63) is 103 Å². The molecule has 6 rings (SSSR count). The van der Waals surface area contributed by atoms with Crippen LogP contribution in [0.2, 0.25) is 0 Å². The van der Waals surface area contributed by atoms with Crippen molar-refractivity contribution in [3.63, 3.8) is 0 Å². The number of nitrogens with one attached hydrogen (secondary N) is 1. The largest absolute Gasteiger partial charge is 0.488 e. The molecule has 2 aromatic carbocycles. The van der Waals surface area contributed by atoms with E-state index in [4.69, 9.17) is 54.6 Å². The van der Waals surface area contributed by atoms with Gasteiger partial charge in [-0.05, 0) is 67.7 Å². The third-order valence-electron chi connectivity index (χ3n) is 8.95. The predicted octanol–water partition coefficient (Wildman–Crippen LogP) is 2.25. The van der Waals surface area contributed by atoms with Gasteiger partial charge < -0.3 is 61.2 Å². The molecule has 0 bridgehead atoms. The molecule has 4 aromatic rings. The molecule has 310 valence electrons. The van der Waals surface area contributed by atoms with Gasteiger partial charge in [-0.1, -0.05) is 6.07 Å². The quantitative estimate of drug-likeness (QED) is 0.0798. The molecule has 2 fully saturated rings. The second-order valence-corrected chi connectivity index (χ2v) is 14.4. The van der Waals surface area contributed by atoms with Crippen molar-refractivity contribution in [2.24, 2.45) is 11.5 Å². The molecule has 2 aromatic heterocycles. The highest BCUT2D eigenvalue weighted by atomic mass is 79.9. The van der Waals surface area contributed by atoms with Gasteiger partial charge in [0.1, 0.15) is 23.2 Å². The van der Waals surface area contributed by atoms with Gasteiger partial charge in [-0.3, -0.25) is 19.0 Å². The SMILES string of the molecule is COC(=O)c1ccc(B(O)O)cc1Br.[C-]#[N+][C@H]1CCOCC1n1cc(C(N)=O)c(N)n1.[C-]#[N+][C@H]1CCOCC1n1cc(C(N)=O)c(Nc2ccc(C(=O)OC)c(Br)c2)n1. The summed E-state index contributed by atoms with van der Waals surface area (Å²) >= 11 is 6.46. The summed E-state index contributed by atoms with van der Waals surface area (Å²) in [6.45, 7) is 16.3. The molecule has 9 N–H and O–H groups in total. The van der Waals surface area contributed by atoms with E-state index in [1.165, 1.54) is 49.5 Å². The highest BCUT2D eigenvalue weighted by Gasteiger charge is 2.35. The summed E-state index contributed by atoms with van der Waals surface area (Å²) in [6.07, 6.45) is 4.26. The fourth-order valence-electron chi connectivity index (χ4n) is 5.80. The normalized spacial score (nSPS) is 18.2. The lowest BCUT2D eigenvalue weighted by Gasteiger charge is -2.23. The number of primary amides is 2. The Kier molecular flexibility index (Phi) is 16.5. The van der Waals surface area contributed by atoms with Crippen molar-refractivity contribution in [1.82, 2.24) is 19.6 Å². The number of nitrogen functional groups attached to an aromatic ring is 1. The molecule has 2 aliphatic heterocycles. The number of benzene rings is 2. The molecule has 2 amide bonds. The maximum absolute atomic E-state index is 11.9. The summed E-state index contributed by atoms with van der Waals surface area (Å²) in [5.41, 5.74) is 18.2. The minimum absolute atomic E-state index is 0.0896. The summed E-state index contributed by atoms with van der Waals surface area (Å²) in [4.78, 5) is 53.0. The zero-order valence-corrected chi connectivity index (χ0v) is 34.8. The second kappa shape index (κ2) is 21.3. The molecule has 0 spiro atoms. The number of ether oxygens (including phenoxy) is 4. The van der Waals surface area contributed by atoms with Gasteiger partial charge in [-0.15, -0.1) is 0 Å². The molecule has 4 heterocycles. The van der Waals surface area contributed by atoms with Crippen LogP contribution in [-0.4, -0.2) is 113 Å². The van der Waals surface area contributed by atoms with Gasteiger partial charge in [0, 0.05) is 39.9 Å². The van der Waals surface area contributed by atoms with Gasteiger partial charge in [0.25, 0.3) is 11.8 Å². The summed E-state index contributed by atoms with van der Waals surface area (Å²) in [5.74, 6) is -1.86. The number of hydrogen-bond acceptors (Lipinski definition) is 14. The van der Waals surface area contributed by atoms with Crippen LogP contribution in [0, 0.1) is 13.1 Å². The van der Waals surface area contributed by atoms with Crippen LogP contribution in [0.3, 0.4) is 0 Å². The molecular formula is C36H39BBr2N10O10. The minimum Gasteiger partial charge on any atom is -0.465 e. The van der Waals surface area contributed by atoms with E-state index in [9.17, 15) is 19.2 Å². The van der Waals surface area contributed by atoms with Crippen molar-refractivity contribution in [2.75, 3.05) is 51.7 Å². The van der Waals surface area contributed by atoms with Gasteiger partial charge in [0.15, 0.2) is 11.6 Å². The number of hydrogen-bond donors (Lipinski definition) is 6. The first-order valence-electron chi connectivity index (χ1n) is 17.4. The zero-order valence-electron chi connectivity index (χ0n) is 31.6. The van der Waals surface area contributed by atoms with Crippen molar-refractivity contribution < 1.29 is 48.2 Å². The number of halogens is 2. The lowest BCUT2D eigenvalue weighted by atomic mass is 9.80. The zero-order chi connectivity index (χ0) is 43.4. The van der Waals surface area contributed by atoms with Crippen LogP contribution in [-0.2, 0) is 18.9 Å². The van der Waals surface area contributed by atoms with Crippen LogP contribution < -0.4 is 28.0 Å². The van der Waals surface area contributed by atoms with E-state index < -0.39 is 30.9 Å². The van der Waals surface area contributed by atoms with E-state index in [0.29, 0.717) is 70.5 Å². The van der Waals surface area contributed by atoms with E-state index in [2.05, 4.69) is 61.8 Å². The number of anilines is 3. The van der Waals surface area contributed by atoms with E-state index in [1.54, 1.807) is 22.9 Å². The summed E-state index contributed by atoms with van der Waals surface area (Å²) in [7, 11) is 1.04. The first kappa shape index (κ1) is 45.9. The predicted molar refractivity (Wildman–Crippen MR) is 220 cm³/mol. The molecule has 59 heavy (non-hydrogen) atoms. The van der Waals surface area contributed by atoms with E-state index in [0.717, 1.165) is 0 Å². The minimum atomic E-state index is -1.54. The van der Waals surface area contributed by atoms with Crippen molar-refractivity contribution in [3.8, 4) is 0 Å². The standard InChI is InChI=1S/C18H18BrN5O4.C10H13N5O2.C8H8BBrO4/c1-21-14-5-6-28-9-15(14)24-8-12(16(20)25)17(23-24)22-10-3-4-11(13(19)7-10)18(26)27-2;1-13-7-2-3-17-5-8(7)15-4-6(10(12)16)9(11)14-15;1-14-8(11)6-3-2-5(9(12)13)4-7(6)10/h3-4,7-8,14-15H,5-6,9H2,2H3,(H2,20,25)(H,22,23);4,7-8H,2-3,5H2,(H2,11,14)(H2,12,16);2-4,12-13H,1H3/t14-,15?;7-,8?;/m00./s1. The summed E-state index contributed by atoms with van der Waals surface area (Å²) < 4.78 is 24.1. The monoisotopic (exact) mass is 940 g/mol. The first-order chi connectivity index (χ1) is 28.1. The molecule has 2 aliphatic rings. The van der Waals surface area contributed by atoms with E-state index >= 15 is 0 Å². The molecule has 0 saturated carbocycles. The van der Waals surface area contributed by atoms with Crippen LogP contribution in [0.25, 0.3) is 9.69 Å². The van der Waals surface area contributed by atoms with Gasteiger partial charge in [-0.25, -0.2) is 22.7 Å². The van der Waals surface area contributed by atoms with Gasteiger partial charge in [0.2, 0.25) is 12.1 Å². The fraction of sp³-hybridized carbons (Fsp3) is 0.333. The number of amides is 2. The number of nitrogens with zero attached hydrogens (tertiary/aromatic N) is 6.